The maximum absolute atomic E-state index is 14.9. The van der Waals surface area contributed by atoms with E-state index in [2.05, 4.69) is 14.9 Å². The van der Waals surface area contributed by atoms with Gasteiger partial charge >= 0.3 is 0 Å². The zero-order chi connectivity index (χ0) is 22.8. The highest BCUT2D eigenvalue weighted by Crippen LogP contribution is 2.33. The molecule has 0 bridgehead atoms. The number of hydrogen-bond donors (Lipinski definition) is 1. The molecular formula is C23H25FN4O2S. The van der Waals surface area contributed by atoms with Gasteiger partial charge in [0, 0.05) is 22.2 Å². The number of anilines is 1. The molecule has 0 aliphatic rings. The summed E-state index contributed by atoms with van der Waals surface area (Å²) in [5, 5.41) is 8.30. The lowest BCUT2D eigenvalue weighted by atomic mass is 9.98. The lowest BCUT2D eigenvalue weighted by Gasteiger charge is -2.34. The van der Waals surface area contributed by atoms with Gasteiger partial charge in [0.05, 0.1) is 0 Å². The first-order valence-electron chi connectivity index (χ1n) is 9.83. The molecule has 8 heteroatoms. The molecule has 2 aromatic carbocycles. The smallest absolute Gasteiger partial charge is 0.280 e. The fourth-order valence-corrected chi connectivity index (χ4v) is 3.79. The summed E-state index contributed by atoms with van der Waals surface area (Å²) < 4.78 is 18.7. The number of hydrogen-bond acceptors (Lipinski definition) is 5. The average Bonchev–Trinajstić information content (AvgIpc) is 3.20. The summed E-state index contributed by atoms with van der Waals surface area (Å²) in [7, 11) is 0. The standard InChI is InChI=1S/C23H25FN4O2S/c1-14-10-11-19(15(2)12-14)28(22(30)18-13-31-27-26-18)20(21(29)25-23(3,4)5)16-8-6-7-9-17(16)24/h6-13,20H,1-5H3,(H,25,29)/t20-/m1/s1. The van der Waals surface area contributed by atoms with Gasteiger partial charge in [-0.2, -0.15) is 0 Å². The number of benzene rings is 2. The van der Waals surface area contributed by atoms with E-state index in [0.717, 1.165) is 22.7 Å². The number of carbonyl (C=O) groups is 2. The van der Waals surface area contributed by atoms with Crippen LogP contribution < -0.4 is 10.2 Å². The van der Waals surface area contributed by atoms with Crippen molar-refractivity contribution in [3.63, 3.8) is 0 Å². The van der Waals surface area contributed by atoms with E-state index in [-0.39, 0.29) is 11.3 Å². The Labute approximate surface area is 185 Å². The van der Waals surface area contributed by atoms with Crippen molar-refractivity contribution in [2.75, 3.05) is 4.90 Å². The highest BCUT2D eigenvalue weighted by molar-refractivity contribution is 7.03. The molecule has 0 fully saturated rings. The molecule has 0 saturated carbocycles. The summed E-state index contributed by atoms with van der Waals surface area (Å²) in [6.07, 6.45) is 0. The van der Waals surface area contributed by atoms with Gasteiger partial charge in [-0.25, -0.2) is 4.39 Å². The number of aryl methyl sites for hydroxylation is 2. The van der Waals surface area contributed by atoms with Gasteiger partial charge in [-0.05, 0) is 63.8 Å². The minimum atomic E-state index is -1.24. The van der Waals surface area contributed by atoms with Crippen LogP contribution in [-0.4, -0.2) is 26.9 Å². The minimum Gasteiger partial charge on any atom is -0.349 e. The fourth-order valence-electron chi connectivity index (χ4n) is 3.36. The first-order valence-corrected chi connectivity index (χ1v) is 10.7. The fraction of sp³-hybridized carbons (Fsp3) is 0.304. The molecule has 1 heterocycles. The van der Waals surface area contributed by atoms with Crippen LogP contribution >= 0.6 is 11.5 Å². The number of rotatable bonds is 5. The number of nitrogens with one attached hydrogen (secondary N) is 1. The van der Waals surface area contributed by atoms with Crippen molar-refractivity contribution in [2.24, 2.45) is 0 Å². The van der Waals surface area contributed by atoms with E-state index in [0.29, 0.717) is 5.69 Å². The van der Waals surface area contributed by atoms with Gasteiger partial charge in [-0.1, -0.05) is 40.4 Å². The molecule has 3 aromatic rings. The van der Waals surface area contributed by atoms with Crippen LogP contribution in [0, 0.1) is 19.7 Å². The van der Waals surface area contributed by atoms with Crippen LogP contribution in [0.25, 0.3) is 0 Å². The molecule has 0 radical (unpaired) electrons. The number of halogens is 1. The van der Waals surface area contributed by atoms with Gasteiger partial charge in [0.2, 0.25) is 5.91 Å². The Bertz CT molecular complexity index is 1090. The number of carbonyl (C=O) groups excluding carboxylic acids is 2. The quantitative estimate of drug-likeness (QED) is 0.629. The molecule has 0 aliphatic heterocycles. The van der Waals surface area contributed by atoms with Crippen LogP contribution in [0.3, 0.4) is 0 Å². The van der Waals surface area contributed by atoms with E-state index in [1.807, 2.05) is 46.8 Å². The molecule has 2 amide bonds. The van der Waals surface area contributed by atoms with Crippen molar-refractivity contribution in [3.8, 4) is 0 Å². The Morgan fingerprint density at radius 3 is 2.42 bits per heavy atom. The predicted molar refractivity (Wildman–Crippen MR) is 120 cm³/mol. The van der Waals surface area contributed by atoms with Gasteiger partial charge in [0.25, 0.3) is 5.91 Å². The Morgan fingerprint density at radius 1 is 1.13 bits per heavy atom. The lowest BCUT2D eigenvalue weighted by molar-refractivity contribution is -0.124. The monoisotopic (exact) mass is 440 g/mol. The Hall–Kier alpha value is -3.13. The molecule has 3 rings (SSSR count). The Kier molecular flexibility index (Phi) is 6.50. The summed E-state index contributed by atoms with van der Waals surface area (Å²) in [6, 6.07) is 10.3. The van der Waals surface area contributed by atoms with Gasteiger partial charge in [0.15, 0.2) is 5.69 Å². The van der Waals surface area contributed by atoms with E-state index < -0.39 is 29.2 Å². The van der Waals surface area contributed by atoms with Crippen LogP contribution in [-0.2, 0) is 4.79 Å². The normalized spacial score (nSPS) is 12.3. The molecule has 1 N–H and O–H groups in total. The molecule has 0 aliphatic carbocycles. The molecule has 0 saturated heterocycles. The van der Waals surface area contributed by atoms with Crippen molar-refractivity contribution in [2.45, 2.75) is 46.2 Å². The van der Waals surface area contributed by atoms with Crippen LogP contribution in [0.4, 0.5) is 10.1 Å². The van der Waals surface area contributed by atoms with E-state index in [1.54, 1.807) is 18.2 Å². The number of nitrogens with zero attached hydrogens (tertiary/aromatic N) is 3. The maximum Gasteiger partial charge on any atom is 0.280 e. The molecule has 1 atom stereocenters. The Morgan fingerprint density at radius 2 is 1.84 bits per heavy atom. The second kappa shape index (κ2) is 8.93. The van der Waals surface area contributed by atoms with Gasteiger partial charge in [-0.3, -0.25) is 14.5 Å². The van der Waals surface area contributed by atoms with Crippen LogP contribution in [0.5, 0.6) is 0 Å². The SMILES string of the molecule is Cc1ccc(N(C(=O)c2csnn2)[C@@H](C(=O)NC(C)(C)C)c2ccccc2F)c(C)c1. The second-order valence-corrected chi connectivity index (χ2v) is 9.03. The third-order valence-corrected chi connectivity index (χ3v) is 5.12. The molecule has 0 unspecified atom stereocenters. The minimum absolute atomic E-state index is 0.0925. The van der Waals surface area contributed by atoms with Gasteiger partial charge < -0.3 is 5.32 Å². The van der Waals surface area contributed by atoms with Crippen LogP contribution in [0.1, 0.15) is 54.0 Å². The zero-order valence-corrected chi connectivity index (χ0v) is 19.0. The first-order chi connectivity index (χ1) is 14.6. The average molecular weight is 441 g/mol. The van der Waals surface area contributed by atoms with Crippen LogP contribution in [0.15, 0.2) is 47.8 Å². The van der Waals surface area contributed by atoms with E-state index in [4.69, 9.17) is 0 Å². The van der Waals surface area contributed by atoms with Crippen molar-refractivity contribution in [1.82, 2.24) is 14.9 Å². The summed E-state index contributed by atoms with van der Waals surface area (Å²) >= 11 is 1.03. The summed E-state index contributed by atoms with van der Waals surface area (Å²) in [5.74, 6) is -1.59. The highest BCUT2D eigenvalue weighted by atomic mass is 32.1. The zero-order valence-electron chi connectivity index (χ0n) is 18.1. The largest absolute Gasteiger partial charge is 0.349 e. The summed E-state index contributed by atoms with van der Waals surface area (Å²) in [6.45, 7) is 9.28. The second-order valence-electron chi connectivity index (χ2n) is 8.42. The van der Waals surface area contributed by atoms with Crippen LogP contribution in [0.2, 0.25) is 0 Å². The molecule has 162 valence electrons. The van der Waals surface area contributed by atoms with Crippen molar-refractivity contribution in [1.29, 1.82) is 0 Å². The molecule has 0 spiro atoms. The molecule has 31 heavy (non-hydrogen) atoms. The maximum atomic E-state index is 14.9. The number of aromatic nitrogens is 2. The molecule has 1 aromatic heterocycles. The molecule has 6 nitrogen and oxygen atoms in total. The third-order valence-electron chi connectivity index (χ3n) is 4.61. The number of amides is 2. The van der Waals surface area contributed by atoms with E-state index in [1.165, 1.54) is 22.4 Å². The Balaban J connectivity index is 2.25. The summed E-state index contributed by atoms with van der Waals surface area (Å²) in [4.78, 5) is 28.4. The van der Waals surface area contributed by atoms with E-state index >= 15 is 0 Å². The van der Waals surface area contributed by atoms with E-state index in [9.17, 15) is 14.0 Å². The third kappa shape index (κ3) is 5.14. The molecular weight excluding hydrogens is 415 g/mol. The topological polar surface area (TPSA) is 75.2 Å². The summed E-state index contributed by atoms with van der Waals surface area (Å²) in [5.41, 5.74) is 1.89. The lowest BCUT2D eigenvalue weighted by Crippen LogP contribution is -2.50. The van der Waals surface area contributed by atoms with Crippen molar-refractivity contribution in [3.05, 3.63) is 76.0 Å². The predicted octanol–water partition coefficient (Wildman–Crippen LogP) is 4.60. The van der Waals surface area contributed by atoms with Crippen molar-refractivity contribution < 1.29 is 14.0 Å². The van der Waals surface area contributed by atoms with Crippen molar-refractivity contribution >= 4 is 29.0 Å². The van der Waals surface area contributed by atoms with Gasteiger partial charge in [-0.15, -0.1) is 5.10 Å². The van der Waals surface area contributed by atoms with Gasteiger partial charge in [0.1, 0.15) is 11.9 Å². The highest BCUT2D eigenvalue weighted by Gasteiger charge is 2.37. The first kappa shape index (κ1) is 22.6.